The van der Waals surface area contributed by atoms with Crippen LogP contribution in [0.4, 0.5) is 10.1 Å². The van der Waals surface area contributed by atoms with Gasteiger partial charge in [0.15, 0.2) is 0 Å². The molecule has 0 unspecified atom stereocenters. The van der Waals surface area contributed by atoms with Crippen LogP contribution in [0, 0.1) is 19.7 Å². The summed E-state index contributed by atoms with van der Waals surface area (Å²) < 4.78 is 14.6. The van der Waals surface area contributed by atoms with Crippen LogP contribution < -0.4 is 10.5 Å². The number of aromatic nitrogens is 4. The third-order valence-electron chi connectivity index (χ3n) is 4.46. The van der Waals surface area contributed by atoms with E-state index in [0.29, 0.717) is 22.8 Å². The van der Waals surface area contributed by atoms with E-state index in [-0.39, 0.29) is 23.8 Å². The summed E-state index contributed by atoms with van der Waals surface area (Å²) in [4.78, 5) is 35.4. The summed E-state index contributed by atoms with van der Waals surface area (Å²) in [5, 5.41) is 2.88. The lowest BCUT2D eigenvalue weighted by molar-refractivity contribution is 0.0984. The van der Waals surface area contributed by atoms with E-state index >= 15 is 0 Å². The fourth-order valence-electron chi connectivity index (χ4n) is 3.09. The minimum atomic E-state index is -0.397. The molecule has 0 radical (unpaired) electrons. The van der Waals surface area contributed by atoms with Gasteiger partial charge in [-0.15, -0.1) is 0 Å². The second kappa shape index (κ2) is 7.31. The molecule has 4 aromatic rings. The molecule has 0 spiro atoms. The predicted molar refractivity (Wildman–Crippen MR) is 106 cm³/mol. The molecule has 8 heteroatoms. The summed E-state index contributed by atoms with van der Waals surface area (Å²) >= 11 is 0. The van der Waals surface area contributed by atoms with Gasteiger partial charge in [0.2, 0.25) is 0 Å². The quantitative estimate of drug-likeness (QED) is 0.580. The molecule has 1 N–H and O–H groups in total. The van der Waals surface area contributed by atoms with E-state index < -0.39 is 5.82 Å². The van der Waals surface area contributed by atoms with Crippen LogP contribution in [-0.2, 0) is 6.54 Å². The van der Waals surface area contributed by atoms with Crippen LogP contribution in [0.15, 0.2) is 59.4 Å². The number of fused-ring (bicyclic) bond motifs is 1. The first-order valence-corrected chi connectivity index (χ1v) is 9.00. The molecule has 2 heterocycles. The maximum atomic E-state index is 13.4. The van der Waals surface area contributed by atoms with E-state index in [2.05, 4.69) is 15.1 Å². The van der Waals surface area contributed by atoms with Gasteiger partial charge in [0.05, 0.1) is 6.54 Å². The van der Waals surface area contributed by atoms with Crippen molar-refractivity contribution in [1.29, 1.82) is 0 Å². The van der Waals surface area contributed by atoms with Crippen LogP contribution in [0.1, 0.15) is 27.4 Å². The molecule has 29 heavy (non-hydrogen) atoms. The first-order valence-electron chi connectivity index (χ1n) is 9.00. The molecule has 2 aromatic heterocycles. The highest BCUT2D eigenvalue weighted by Gasteiger charge is 2.20. The minimum Gasteiger partial charge on any atom is -0.301 e. The Bertz CT molecular complexity index is 1260. The number of aryl methyl sites for hydroxylation is 2. The lowest BCUT2D eigenvalue weighted by atomic mass is 10.1. The number of nitrogens with one attached hydrogen (secondary N) is 1. The fourth-order valence-corrected chi connectivity index (χ4v) is 3.09. The summed E-state index contributed by atoms with van der Waals surface area (Å²) in [5.41, 5.74) is 2.22. The summed E-state index contributed by atoms with van der Waals surface area (Å²) in [6, 6.07) is 14.2. The number of halogens is 1. The Balaban J connectivity index is 1.76. The van der Waals surface area contributed by atoms with Crippen molar-refractivity contribution in [2.75, 3.05) is 4.90 Å². The Hall–Kier alpha value is -3.81. The number of hydrogen-bond acceptors (Lipinski definition) is 4. The van der Waals surface area contributed by atoms with Crippen LogP contribution in [0.3, 0.4) is 0 Å². The molecule has 0 aliphatic heterocycles. The number of aromatic amines is 1. The van der Waals surface area contributed by atoms with E-state index in [1.165, 1.54) is 39.7 Å². The lowest BCUT2D eigenvalue weighted by Crippen LogP contribution is -2.31. The van der Waals surface area contributed by atoms with E-state index in [1.807, 2.05) is 13.0 Å². The average molecular weight is 391 g/mol. The zero-order valence-corrected chi connectivity index (χ0v) is 15.9. The number of rotatable bonds is 4. The highest BCUT2D eigenvalue weighted by Crippen LogP contribution is 2.20. The molecule has 0 fully saturated rings. The smallest absolute Gasteiger partial charge is 0.274 e. The van der Waals surface area contributed by atoms with Gasteiger partial charge in [-0.2, -0.15) is 9.50 Å². The Morgan fingerprint density at radius 2 is 1.86 bits per heavy atom. The van der Waals surface area contributed by atoms with Gasteiger partial charge >= 0.3 is 0 Å². The summed E-state index contributed by atoms with van der Waals surface area (Å²) in [6.45, 7) is 3.67. The van der Waals surface area contributed by atoms with E-state index in [1.54, 1.807) is 25.1 Å². The number of hydrogen-bond donors (Lipinski definition) is 1. The number of amides is 1. The van der Waals surface area contributed by atoms with Crippen molar-refractivity contribution in [3.05, 3.63) is 93.4 Å². The summed E-state index contributed by atoms with van der Waals surface area (Å²) in [5.74, 6) is -0.0542. The van der Waals surface area contributed by atoms with Crippen molar-refractivity contribution in [3.63, 3.8) is 0 Å². The molecule has 1 amide bonds. The van der Waals surface area contributed by atoms with Gasteiger partial charge in [-0.3, -0.25) is 14.7 Å². The standard InChI is InChI=1S/C21H18FN5O2/c1-13-4-3-5-15(10-13)20(29)26(17-8-6-16(22)7-9-17)12-18-24-21-23-14(2)11-19(28)27(21)25-18/h3-11H,12H2,1-2H3,(H,23,24,25). The lowest BCUT2D eigenvalue weighted by Gasteiger charge is -2.22. The second-order valence-electron chi connectivity index (χ2n) is 6.78. The summed E-state index contributed by atoms with van der Waals surface area (Å²) in [6.07, 6.45) is 0. The van der Waals surface area contributed by atoms with Crippen LogP contribution in [0.5, 0.6) is 0 Å². The van der Waals surface area contributed by atoms with E-state index in [4.69, 9.17) is 0 Å². The zero-order valence-electron chi connectivity index (χ0n) is 15.9. The predicted octanol–water partition coefficient (Wildman–Crippen LogP) is 3.02. The monoisotopic (exact) mass is 391 g/mol. The van der Waals surface area contributed by atoms with Gasteiger partial charge < -0.3 is 4.90 Å². The van der Waals surface area contributed by atoms with Gasteiger partial charge in [0.25, 0.3) is 17.2 Å². The molecule has 0 aliphatic rings. The SMILES string of the molecule is Cc1cccc(C(=O)N(Cc2nc3nc(C)cc(=O)n3[nH]2)c2ccc(F)cc2)c1. The Morgan fingerprint density at radius 3 is 2.59 bits per heavy atom. The van der Waals surface area contributed by atoms with Gasteiger partial charge in [0.1, 0.15) is 11.6 Å². The molecule has 0 saturated carbocycles. The topological polar surface area (TPSA) is 83.4 Å². The second-order valence-corrected chi connectivity index (χ2v) is 6.78. The van der Waals surface area contributed by atoms with Crippen LogP contribution in [0.2, 0.25) is 0 Å². The maximum absolute atomic E-state index is 13.4. The van der Waals surface area contributed by atoms with E-state index in [0.717, 1.165) is 5.56 Å². The van der Waals surface area contributed by atoms with Gasteiger partial charge in [-0.05, 0) is 50.2 Å². The number of H-pyrrole nitrogens is 1. The molecule has 2 aromatic carbocycles. The van der Waals surface area contributed by atoms with E-state index in [9.17, 15) is 14.0 Å². The fraction of sp³-hybridized carbons (Fsp3) is 0.143. The molecule has 4 rings (SSSR count). The zero-order chi connectivity index (χ0) is 20.5. The first kappa shape index (κ1) is 18.5. The molecule has 0 bridgehead atoms. The molecular weight excluding hydrogens is 373 g/mol. The molecule has 0 saturated heterocycles. The molecular formula is C21H18FN5O2. The Kier molecular flexibility index (Phi) is 4.67. The molecule has 7 nitrogen and oxygen atoms in total. The number of carbonyl (C=O) groups excluding carboxylic acids is 1. The third-order valence-corrected chi connectivity index (χ3v) is 4.46. The number of anilines is 1. The van der Waals surface area contributed by atoms with Crippen LogP contribution in [0.25, 0.3) is 5.78 Å². The van der Waals surface area contributed by atoms with Crippen molar-refractivity contribution in [3.8, 4) is 0 Å². The van der Waals surface area contributed by atoms with Crippen LogP contribution in [-0.4, -0.2) is 25.5 Å². The normalized spacial score (nSPS) is 11.0. The molecule has 0 aliphatic carbocycles. The third kappa shape index (κ3) is 3.77. The van der Waals surface area contributed by atoms with Crippen molar-refractivity contribution in [2.24, 2.45) is 0 Å². The molecule has 0 atom stereocenters. The van der Waals surface area contributed by atoms with Crippen molar-refractivity contribution in [1.82, 2.24) is 19.6 Å². The Morgan fingerprint density at radius 1 is 1.10 bits per heavy atom. The Labute approximate surface area is 165 Å². The highest BCUT2D eigenvalue weighted by molar-refractivity contribution is 6.06. The van der Waals surface area contributed by atoms with Crippen LogP contribution >= 0.6 is 0 Å². The van der Waals surface area contributed by atoms with Crippen molar-refractivity contribution >= 4 is 17.4 Å². The van der Waals surface area contributed by atoms with Gasteiger partial charge in [-0.25, -0.2) is 9.37 Å². The average Bonchev–Trinajstić information content (AvgIpc) is 3.09. The number of nitrogens with zero attached hydrogens (tertiary/aromatic N) is 4. The largest absolute Gasteiger partial charge is 0.301 e. The van der Waals surface area contributed by atoms with Gasteiger partial charge in [-0.1, -0.05) is 17.7 Å². The molecule has 146 valence electrons. The van der Waals surface area contributed by atoms with Gasteiger partial charge in [0, 0.05) is 23.0 Å². The van der Waals surface area contributed by atoms with Crippen molar-refractivity contribution < 1.29 is 9.18 Å². The summed E-state index contributed by atoms with van der Waals surface area (Å²) in [7, 11) is 0. The van der Waals surface area contributed by atoms with Crippen molar-refractivity contribution in [2.45, 2.75) is 20.4 Å². The minimum absolute atomic E-state index is 0.0558. The highest BCUT2D eigenvalue weighted by atomic mass is 19.1. The number of carbonyl (C=O) groups is 1. The maximum Gasteiger partial charge on any atom is 0.274 e. The first-order chi connectivity index (χ1) is 13.9. The number of benzene rings is 2.